The van der Waals surface area contributed by atoms with Crippen LogP contribution in [0.4, 0.5) is 0 Å². The molecule has 1 fully saturated rings. The highest BCUT2D eigenvalue weighted by Crippen LogP contribution is 2.30. The number of piperidine rings is 1. The number of ether oxygens (including phenoxy) is 2. The summed E-state index contributed by atoms with van der Waals surface area (Å²) in [5, 5.41) is 5.03. The molecule has 0 saturated carbocycles. The summed E-state index contributed by atoms with van der Waals surface area (Å²) in [7, 11) is 1.93. The zero-order valence-electron chi connectivity index (χ0n) is 19.0. The lowest BCUT2D eigenvalue weighted by Gasteiger charge is -2.34. The number of hydrogen-bond acceptors (Lipinski definition) is 6. The Balaban J connectivity index is 1.38. The standard InChI is InChI=1S/C25H29ClN4O3/c1-3-32-25(31)22-6-4-5-20(28-22)17-30-15-12-21(13-16-30)33-24(23-11-14-27-29(23)2)18-7-9-19(26)10-8-18/h4-11,14,21,24H,3,12-13,15-17H2,1-2H3. The van der Waals surface area contributed by atoms with Crippen LogP contribution >= 0.6 is 11.6 Å². The first-order valence-electron chi connectivity index (χ1n) is 11.3. The Bertz CT molecular complexity index is 1060. The molecular formula is C25H29ClN4O3. The molecule has 3 heterocycles. The van der Waals surface area contributed by atoms with E-state index in [1.165, 1.54) is 0 Å². The molecule has 1 saturated heterocycles. The molecule has 1 atom stereocenters. The van der Waals surface area contributed by atoms with Gasteiger partial charge < -0.3 is 9.47 Å². The predicted molar refractivity (Wildman–Crippen MR) is 126 cm³/mol. The molecule has 1 aliphatic heterocycles. The van der Waals surface area contributed by atoms with Gasteiger partial charge in [0.2, 0.25) is 0 Å². The molecule has 33 heavy (non-hydrogen) atoms. The van der Waals surface area contributed by atoms with Gasteiger partial charge in [-0.05, 0) is 55.7 Å². The maximum absolute atomic E-state index is 12.0. The number of rotatable bonds is 8. The van der Waals surface area contributed by atoms with Crippen molar-refractivity contribution in [2.45, 2.75) is 38.5 Å². The highest BCUT2D eigenvalue weighted by Gasteiger charge is 2.26. The van der Waals surface area contributed by atoms with Crippen molar-refractivity contribution in [3.8, 4) is 0 Å². The van der Waals surface area contributed by atoms with Crippen LogP contribution in [0.1, 0.15) is 53.3 Å². The first kappa shape index (κ1) is 23.4. The second-order valence-corrected chi connectivity index (χ2v) is 8.59. The van der Waals surface area contributed by atoms with Gasteiger partial charge in [-0.1, -0.05) is 29.8 Å². The van der Waals surface area contributed by atoms with Crippen molar-refractivity contribution >= 4 is 17.6 Å². The highest BCUT2D eigenvalue weighted by molar-refractivity contribution is 6.30. The molecule has 1 unspecified atom stereocenters. The Labute approximate surface area is 199 Å². The Morgan fingerprint density at radius 3 is 2.58 bits per heavy atom. The van der Waals surface area contributed by atoms with Gasteiger partial charge in [-0.15, -0.1) is 0 Å². The van der Waals surface area contributed by atoms with Crippen LogP contribution in [-0.4, -0.2) is 51.4 Å². The van der Waals surface area contributed by atoms with Gasteiger partial charge in [0.05, 0.1) is 24.1 Å². The van der Waals surface area contributed by atoms with Crippen molar-refractivity contribution in [2.75, 3.05) is 19.7 Å². The summed E-state index contributed by atoms with van der Waals surface area (Å²) in [5.41, 5.74) is 3.30. The van der Waals surface area contributed by atoms with Gasteiger partial charge in [-0.3, -0.25) is 9.58 Å². The number of hydrogen-bond donors (Lipinski definition) is 0. The van der Waals surface area contributed by atoms with Gasteiger partial charge in [0, 0.05) is 37.9 Å². The molecule has 0 amide bonds. The summed E-state index contributed by atoms with van der Waals surface area (Å²) in [6.07, 6.45) is 3.56. The predicted octanol–water partition coefficient (Wildman–Crippen LogP) is 4.42. The van der Waals surface area contributed by atoms with E-state index in [1.54, 1.807) is 19.2 Å². The van der Waals surface area contributed by atoms with Crippen LogP contribution in [0.3, 0.4) is 0 Å². The number of esters is 1. The molecule has 0 N–H and O–H groups in total. The molecule has 174 valence electrons. The highest BCUT2D eigenvalue weighted by atomic mass is 35.5. The van der Waals surface area contributed by atoms with Crippen molar-refractivity contribution in [3.05, 3.63) is 82.4 Å². The SMILES string of the molecule is CCOC(=O)c1cccc(CN2CCC(OC(c3ccc(Cl)cc3)c3ccnn3C)CC2)n1. The van der Waals surface area contributed by atoms with Gasteiger partial charge in [0.1, 0.15) is 11.8 Å². The Morgan fingerprint density at radius 1 is 1.15 bits per heavy atom. The van der Waals surface area contributed by atoms with E-state index in [-0.39, 0.29) is 18.2 Å². The van der Waals surface area contributed by atoms with Crippen LogP contribution in [0.15, 0.2) is 54.7 Å². The number of carbonyl (C=O) groups excluding carboxylic acids is 1. The van der Waals surface area contributed by atoms with Crippen LogP contribution in [0.2, 0.25) is 5.02 Å². The van der Waals surface area contributed by atoms with Crippen molar-refractivity contribution in [3.63, 3.8) is 0 Å². The van der Waals surface area contributed by atoms with E-state index in [1.807, 2.05) is 54.2 Å². The second kappa shape index (κ2) is 10.9. The Hall–Kier alpha value is -2.74. The fraction of sp³-hybridized carbons (Fsp3) is 0.400. The molecule has 0 aliphatic carbocycles. The van der Waals surface area contributed by atoms with E-state index >= 15 is 0 Å². The van der Waals surface area contributed by atoms with Crippen molar-refractivity contribution in [2.24, 2.45) is 7.05 Å². The molecule has 3 aromatic rings. The number of halogens is 1. The fourth-order valence-electron chi connectivity index (χ4n) is 4.11. The van der Waals surface area contributed by atoms with Crippen molar-refractivity contribution in [1.29, 1.82) is 0 Å². The van der Waals surface area contributed by atoms with Crippen LogP contribution in [-0.2, 0) is 23.1 Å². The lowest BCUT2D eigenvalue weighted by molar-refractivity contribution is -0.0310. The van der Waals surface area contributed by atoms with Gasteiger partial charge in [0.15, 0.2) is 0 Å². The minimum absolute atomic E-state index is 0.135. The van der Waals surface area contributed by atoms with Gasteiger partial charge in [-0.2, -0.15) is 5.10 Å². The van der Waals surface area contributed by atoms with E-state index in [4.69, 9.17) is 21.1 Å². The molecular weight excluding hydrogens is 440 g/mol. The lowest BCUT2D eigenvalue weighted by Crippen LogP contribution is -2.37. The van der Waals surface area contributed by atoms with Crippen molar-refractivity contribution in [1.82, 2.24) is 19.7 Å². The van der Waals surface area contributed by atoms with E-state index in [0.29, 0.717) is 23.9 Å². The molecule has 4 rings (SSSR count). The summed E-state index contributed by atoms with van der Waals surface area (Å²) >= 11 is 6.10. The second-order valence-electron chi connectivity index (χ2n) is 8.16. The number of carbonyl (C=O) groups is 1. The van der Waals surface area contributed by atoms with E-state index in [2.05, 4.69) is 15.0 Å². The Kier molecular flexibility index (Phi) is 7.75. The van der Waals surface area contributed by atoms with Crippen LogP contribution in [0, 0.1) is 0 Å². The lowest BCUT2D eigenvalue weighted by atomic mass is 10.0. The van der Waals surface area contributed by atoms with E-state index < -0.39 is 0 Å². The van der Waals surface area contributed by atoms with Gasteiger partial charge in [-0.25, -0.2) is 9.78 Å². The monoisotopic (exact) mass is 468 g/mol. The first-order chi connectivity index (χ1) is 16.0. The van der Waals surface area contributed by atoms with Crippen LogP contribution in [0.25, 0.3) is 0 Å². The zero-order valence-corrected chi connectivity index (χ0v) is 19.7. The van der Waals surface area contributed by atoms with Crippen LogP contribution < -0.4 is 0 Å². The van der Waals surface area contributed by atoms with Crippen LogP contribution in [0.5, 0.6) is 0 Å². The third kappa shape index (κ3) is 5.99. The normalized spacial score (nSPS) is 16.0. The van der Waals surface area contributed by atoms with Gasteiger partial charge >= 0.3 is 5.97 Å². The average Bonchev–Trinajstić information content (AvgIpc) is 3.25. The number of pyridine rings is 1. The minimum Gasteiger partial charge on any atom is -0.461 e. The smallest absolute Gasteiger partial charge is 0.356 e. The van der Waals surface area contributed by atoms with E-state index in [9.17, 15) is 4.79 Å². The third-order valence-corrected chi connectivity index (χ3v) is 6.09. The van der Waals surface area contributed by atoms with Gasteiger partial charge in [0.25, 0.3) is 0 Å². The summed E-state index contributed by atoms with van der Waals surface area (Å²) in [5.74, 6) is -0.380. The number of aromatic nitrogens is 3. The molecule has 1 aromatic carbocycles. The molecule has 7 nitrogen and oxygen atoms in total. The van der Waals surface area contributed by atoms with Crippen molar-refractivity contribution < 1.29 is 14.3 Å². The maximum atomic E-state index is 12.0. The summed E-state index contributed by atoms with van der Waals surface area (Å²) in [6.45, 7) is 4.62. The third-order valence-electron chi connectivity index (χ3n) is 5.84. The topological polar surface area (TPSA) is 69.5 Å². The quantitative estimate of drug-likeness (QED) is 0.456. The Morgan fingerprint density at radius 2 is 1.91 bits per heavy atom. The zero-order chi connectivity index (χ0) is 23.2. The molecule has 0 spiro atoms. The summed E-state index contributed by atoms with van der Waals surface area (Å²) in [6, 6.07) is 15.3. The number of benzene rings is 1. The number of aryl methyl sites for hydroxylation is 1. The summed E-state index contributed by atoms with van der Waals surface area (Å²) < 4.78 is 13.5. The number of likely N-dealkylation sites (tertiary alicyclic amines) is 1. The maximum Gasteiger partial charge on any atom is 0.356 e. The molecule has 0 bridgehead atoms. The largest absolute Gasteiger partial charge is 0.461 e. The number of nitrogens with zero attached hydrogens (tertiary/aromatic N) is 4. The molecule has 1 aliphatic rings. The fourth-order valence-corrected chi connectivity index (χ4v) is 4.24. The molecule has 8 heteroatoms. The van der Waals surface area contributed by atoms with E-state index in [0.717, 1.165) is 42.9 Å². The molecule has 2 aromatic heterocycles. The molecule has 0 radical (unpaired) electrons. The summed E-state index contributed by atoms with van der Waals surface area (Å²) in [4.78, 5) is 18.8. The first-order valence-corrected chi connectivity index (χ1v) is 11.7. The minimum atomic E-state index is -0.380. The average molecular weight is 469 g/mol.